The number of carbonyl (C=O) groups excluding carboxylic acids is 2. The van der Waals surface area contributed by atoms with Crippen molar-refractivity contribution in [3.8, 4) is 0 Å². The Hall–Kier alpha value is -2.40. The minimum Gasteiger partial charge on any atom is -0.452 e. The van der Waals surface area contributed by atoms with Crippen molar-refractivity contribution >= 4 is 23.5 Å². The first-order chi connectivity index (χ1) is 11.0. The van der Waals surface area contributed by atoms with Gasteiger partial charge in [0.15, 0.2) is 6.61 Å². The van der Waals surface area contributed by atoms with Gasteiger partial charge in [0.1, 0.15) is 5.82 Å². The number of nitrogens with one attached hydrogen (secondary N) is 1. The molecule has 0 aromatic heterocycles. The monoisotopic (exact) mass is 335 g/mol. The molecule has 120 valence electrons. The number of aryl methyl sites for hydroxylation is 1. The van der Waals surface area contributed by atoms with Gasteiger partial charge in [-0.15, -0.1) is 0 Å². The quantitative estimate of drug-likeness (QED) is 0.853. The average molecular weight is 336 g/mol. The maximum Gasteiger partial charge on any atom is 0.338 e. The largest absolute Gasteiger partial charge is 0.452 e. The molecule has 0 bridgehead atoms. The number of carbonyl (C=O) groups is 2. The first kappa shape index (κ1) is 17.0. The van der Waals surface area contributed by atoms with E-state index in [4.69, 9.17) is 16.3 Å². The lowest BCUT2D eigenvalue weighted by Crippen LogP contribution is -2.28. The molecule has 0 atom stereocenters. The molecule has 0 aliphatic rings. The van der Waals surface area contributed by atoms with E-state index in [9.17, 15) is 14.0 Å². The maximum atomic E-state index is 13.0. The standard InChI is InChI=1S/C17H15ClFNO3/c1-11-3-2-4-13(7-11)17(22)23-10-16(21)20-9-12-5-6-15(19)14(18)8-12/h2-8H,9-10H2,1H3,(H,20,21). The molecule has 0 radical (unpaired) electrons. The molecule has 0 fully saturated rings. The summed E-state index contributed by atoms with van der Waals surface area (Å²) in [5, 5.41) is 2.56. The minimum absolute atomic E-state index is 0.0115. The number of rotatable bonds is 5. The Morgan fingerprint density at radius 3 is 2.70 bits per heavy atom. The molecule has 0 saturated heterocycles. The van der Waals surface area contributed by atoms with Gasteiger partial charge in [0.05, 0.1) is 10.6 Å². The van der Waals surface area contributed by atoms with Gasteiger partial charge in [-0.25, -0.2) is 9.18 Å². The number of halogens is 2. The van der Waals surface area contributed by atoms with Gasteiger partial charge in [0.2, 0.25) is 0 Å². The van der Waals surface area contributed by atoms with Crippen LogP contribution in [0.2, 0.25) is 5.02 Å². The van der Waals surface area contributed by atoms with Crippen molar-refractivity contribution in [1.29, 1.82) is 0 Å². The van der Waals surface area contributed by atoms with Gasteiger partial charge < -0.3 is 10.1 Å². The zero-order valence-corrected chi connectivity index (χ0v) is 13.2. The summed E-state index contributed by atoms with van der Waals surface area (Å²) in [4.78, 5) is 23.5. The van der Waals surface area contributed by atoms with E-state index in [-0.39, 0.29) is 18.2 Å². The molecule has 0 aliphatic carbocycles. The second-order valence-corrected chi connectivity index (χ2v) is 5.38. The number of hydrogen-bond donors (Lipinski definition) is 1. The van der Waals surface area contributed by atoms with Gasteiger partial charge in [0, 0.05) is 6.54 Å². The molecule has 2 rings (SSSR count). The molecule has 1 N–H and O–H groups in total. The third kappa shape index (κ3) is 5.07. The summed E-state index contributed by atoms with van der Waals surface area (Å²) in [6.45, 7) is 1.64. The average Bonchev–Trinajstić information content (AvgIpc) is 2.53. The van der Waals surface area contributed by atoms with Crippen LogP contribution in [0.5, 0.6) is 0 Å². The zero-order valence-electron chi connectivity index (χ0n) is 12.4. The SMILES string of the molecule is Cc1cccc(C(=O)OCC(=O)NCc2ccc(F)c(Cl)c2)c1. The molecule has 0 heterocycles. The van der Waals surface area contributed by atoms with Gasteiger partial charge in [0.25, 0.3) is 5.91 Å². The lowest BCUT2D eigenvalue weighted by Gasteiger charge is -2.07. The molecule has 4 nitrogen and oxygen atoms in total. The predicted molar refractivity (Wildman–Crippen MR) is 84.7 cm³/mol. The van der Waals surface area contributed by atoms with Gasteiger partial charge in [-0.3, -0.25) is 4.79 Å². The summed E-state index contributed by atoms with van der Waals surface area (Å²) in [6, 6.07) is 11.1. The van der Waals surface area contributed by atoms with Crippen molar-refractivity contribution in [2.45, 2.75) is 13.5 Å². The van der Waals surface area contributed by atoms with Crippen LogP contribution in [0, 0.1) is 12.7 Å². The molecule has 2 aromatic carbocycles. The number of esters is 1. The Morgan fingerprint density at radius 1 is 1.22 bits per heavy atom. The van der Waals surface area contributed by atoms with Crippen molar-refractivity contribution < 1.29 is 18.7 Å². The van der Waals surface area contributed by atoms with Gasteiger partial charge in [-0.1, -0.05) is 35.4 Å². The van der Waals surface area contributed by atoms with E-state index in [1.807, 2.05) is 13.0 Å². The molecule has 1 amide bonds. The van der Waals surface area contributed by atoms with Crippen LogP contribution in [-0.2, 0) is 16.1 Å². The maximum absolute atomic E-state index is 13.0. The van der Waals surface area contributed by atoms with E-state index < -0.39 is 17.7 Å². The van der Waals surface area contributed by atoms with Crippen LogP contribution in [0.25, 0.3) is 0 Å². The lowest BCUT2D eigenvalue weighted by atomic mass is 10.1. The Morgan fingerprint density at radius 2 is 2.00 bits per heavy atom. The zero-order chi connectivity index (χ0) is 16.8. The first-order valence-corrected chi connectivity index (χ1v) is 7.28. The summed E-state index contributed by atoms with van der Waals surface area (Å²) >= 11 is 5.66. The summed E-state index contributed by atoms with van der Waals surface area (Å²) in [5.74, 6) is -1.53. The molecule has 0 saturated carbocycles. The van der Waals surface area contributed by atoms with Crippen molar-refractivity contribution in [1.82, 2.24) is 5.32 Å². The summed E-state index contributed by atoms with van der Waals surface area (Å²) in [7, 11) is 0. The first-order valence-electron chi connectivity index (χ1n) is 6.90. The van der Waals surface area contributed by atoms with Crippen LogP contribution >= 0.6 is 11.6 Å². The highest BCUT2D eigenvalue weighted by molar-refractivity contribution is 6.30. The van der Waals surface area contributed by atoms with Crippen molar-refractivity contribution in [2.75, 3.05) is 6.61 Å². The van der Waals surface area contributed by atoms with Crippen LogP contribution in [0.4, 0.5) is 4.39 Å². The van der Waals surface area contributed by atoms with Crippen molar-refractivity contribution in [2.24, 2.45) is 0 Å². The third-order valence-corrected chi connectivity index (χ3v) is 3.35. The highest BCUT2D eigenvalue weighted by Crippen LogP contribution is 2.15. The summed E-state index contributed by atoms with van der Waals surface area (Å²) in [5.41, 5.74) is 1.97. The molecule has 6 heteroatoms. The van der Waals surface area contributed by atoms with E-state index in [1.165, 1.54) is 18.2 Å². The molecule has 0 unspecified atom stereocenters. The topological polar surface area (TPSA) is 55.4 Å². The Bertz CT molecular complexity index is 734. The Kier molecular flexibility index (Phi) is 5.71. The van der Waals surface area contributed by atoms with Crippen LogP contribution < -0.4 is 5.32 Å². The van der Waals surface area contributed by atoms with E-state index in [1.54, 1.807) is 18.2 Å². The van der Waals surface area contributed by atoms with Gasteiger partial charge >= 0.3 is 5.97 Å². The van der Waals surface area contributed by atoms with Crippen molar-refractivity contribution in [3.05, 3.63) is 70.0 Å². The van der Waals surface area contributed by atoms with Crippen LogP contribution in [-0.4, -0.2) is 18.5 Å². The highest BCUT2D eigenvalue weighted by Gasteiger charge is 2.10. The normalized spacial score (nSPS) is 10.2. The lowest BCUT2D eigenvalue weighted by molar-refractivity contribution is -0.124. The van der Waals surface area contributed by atoms with Gasteiger partial charge in [-0.05, 0) is 36.8 Å². The number of ether oxygens (including phenoxy) is 1. The smallest absolute Gasteiger partial charge is 0.338 e. The molecular weight excluding hydrogens is 321 g/mol. The molecular formula is C17H15ClFNO3. The number of hydrogen-bond acceptors (Lipinski definition) is 3. The van der Waals surface area contributed by atoms with E-state index >= 15 is 0 Å². The van der Waals surface area contributed by atoms with E-state index in [0.717, 1.165) is 5.56 Å². The predicted octanol–water partition coefficient (Wildman–Crippen LogP) is 3.26. The van der Waals surface area contributed by atoms with E-state index in [0.29, 0.717) is 11.1 Å². The van der Waals surface area contributed by atoms with Crippen LogP contribution in [0.1, 0.15) is 21.5 Å². The fourth-order valence-corrected chi connectivity index (χ4v) is 2.09. The minimum atomic E-state index is -0.561. The molecule has 0 spiro atoms. The molecule has 0 aliphatic heterocycles. The Balaban J connectivity index is 1.81. The number of amides is 1. The van der Waals surface area contributed by atoms with Gasteiger partial charge in [-0.2, -0.15) is 0 Å². The molecule has 2 aromatic rings. The summed E-state index contributed by atoms with van der Waals surface area (Å²) < 4.78 is 18.0. The van der Waals surface area contributed by atoms with Crippen LogP contribution in [0.15, 0.2) is 42.5 Å². The van der Waals surface area contributed by atoms with Crippen LogP contribution in [0.3, 0.4) is 0 Å². The van der Waals surface area contributed by atoms with Crippen molar-refractivity contribution in [3.63, 3.8) is 0 Å². The third-order valence-electron chi connectivity index (χ3n) is 3.06. The number of benzene rings is 2. The summed E-state index contributed by atoms with van der Waals surface area (Å²) in [6.07, 6.45) is 0. The molecule has 23 heavy (non-hydrogen) atoms. The highest BCUT2D eigenvalue weighted by atomic mass is 35.5. The second-order valence-electron chi connectivity index (χ2n) is 4.97. The Labute approximate surface area is 138 Å². The second kappa shape index (κ2) is 7.74. The fraction of sp³-hybridized carbons (Fsp3) is 0.176. The fourth-order valence-electron chi connectivity index (χ4n) is 1.89. The van der Waals surface area contributed by atoms with E-state index in [2.05, 4.69) is 5.32 Å².